The highest BCUT2D eigenvalue weighted by molar-refractivity contribution is 5.99. The van der Waals surface area contributed by atoms with Crippen molar-refractivity contribution in [3.8, 4) is 0 Å². The van der Waals surface area contributed by atoms with E-state index in [0.717, 1.165) is 6.42 Å². The fourth-order valence-corrected chi connectivity index (χ4v) is 7.17. The Hall–Kier alpha value is -2.19. The molecule has 3 aliphatic rings. The number of aliphatic hydroxyl groups excluding tert-OH is 1. The number of likely N-dealkylation sites (tertiary alicyclic amines) is 1. The van der Waals surface area contributed by atoms with E-state index in [9.17, 15) is 19.5 Å². The highest BCUT2D eigenvalue weighted by atomic mass is 16.5. The van der Waals surface area contributed by atoms with Crippen molar-refractivity contribution in [1.29, 1.82) is 0 Å². The Morgan fingerprint density at radius 2 is 1.79 bits per heavy atom. The summed E-state index contributed by atoms with van der Waals surface area (Å²) in [5, 5.41) is 10.4. The second-order valence-corrected chi connectivity index (χ2v) is 12.6. The number of aliphatic hydroxyl groups is 1. The van der Waals surface area contributed by atoms with E-state index in [0.29, 0.717) is 38.9 Å². The molecule has 1 N–H and O–H groups in total. The summed E-state index contributed by atoms with van der Waals surface area (Å²) in [5.41, 5.74) is -2.45. The minimum atomic E-state index is -1.12. The molecule has 3 saturated heterocycles. The number of ether oxygens (including phenoxy) is 1. The summed E-state index contributed by atoms with van der Waals surface area (Å²) in [7, 11) is 0. The van der Waals surface area contributed by atoms with Gasteiger partial charge in [-0.2, -0.15) is 0 Å². The van der Waals surface area contributed by atoms with Crippen LogP contribution in [0.1, 0.15) is 74.1 Å². The predicted molar refractivity (Wildman–Crippen MR) is 148 cm³/mol. The zero-order chi connectivity index (χ0) is 28.6. The van der Waals surface area contributed by atoms with E-state index in [2.05, 4.69) is 13.2 Å². The normalized spacial score (nSPS) is 30.9. The first kappa shape index (κ1) is 30.4. The second-order valence-electron chi connectivity index (χ2n) is 12.6. The van der Waals surface area contributed by atoms with Crippen molar-refractivity contribution in [2.75, 3.05) is 26.2 Å². The van der Waals surface area contributed by atoms with Crippen molar-refractivity contribution in [1.82, 2.24) is 14.7 Å². The van der Waals surface area contributed by atoms with Crippen molar-refractivity contribution in [2.24, 2.45) is 17.8 Å². The third-order valence-electron chi connectivity index (χ3n) is 8.97. The van der Waals surface area contributed by atoms with Crippen LogP contribution in [0.3, 0.4) is 0 Å². The van der Waals surface area contributed by atoms with Gasteiger partial charge in [-0.1, -0.05) is 39.8 Å². The topological polar surface area (TPSA) is 90.4 Å². The van der Waals surface area contributed by atoms with E-state index in [-0.39, 0.29) is 30.2 Å². The molecule has 38 heavy (non-hydrogen) atoms. The molecule has 214 valence electrons. The van der Waals surface area contributed by atoms with Gasteiger partial charge < -0.3 is 24.5 Å². The van der Waals surface area contributed by atoms with Gasteiger partial charge >= 0.3 is 0 Å². The van der Waals surface area contributed by atoms with E-state index < -0.39 is 40.7 Å². The van der Waals surface area contributed by atoms with Crippen LogP contribution in [-0.4, -0.2) is 92.6 Å². The van der Waals surface area contributed by atoms with Crippen molar-refractivity contribution in [2.45, 2.75) is 103 Å². The van der Waals surface area contributed by atoms with E-state index in [1.54, 1.807) is 26.9 Å². The predicted octanol–water partition coefficient (Wildman–Crippen LogP) is 3.40. The number of nitrogens with zero attached hydrogens (tertiary/aromatic N) is 3. The molecule has 0 radical (unpaired) electrons. The number of rotatable bonds is 12. The van der Waals surface area contributed by atoms with E-state index in [1.807, 2.05) is 48.5 Å². The smallest absolute Gasteiger partial charge is 0.249 e. The number of fused-ring (bicyclic) bond motifs is 1. The molecule has 0 saturated carbocycles. The van der Waals surface area contributed by atoms with Crippen LogP contribution in [0.15, 0.2) is 25.3 Å². The van der Waals surface area contributed by atoms with Crippen LogP contribution in [0.25, 0.3) is 0 Å². The molecule has 8 heteroatoms. The zero-order valence-corrected chi connectivity index (χ0v) is 24.5. The minimum absolute atomic E-state index is 0.0965. The molecule has 2 bridgehead atoms. The number of hydrogen-bond acceptors (Lipinski definition) is 5. The van der Waals surface area contributed by atoms with Gasteiger partial charge in [0.05, 0.1) is 30.1 Å². The lowest BCUT2D eigenvalue weighted by Crippen LogP contribution is -2.62. The zero-order valence-electron chi connectivity index (χ0n) is 24.5. The second kappa shape index (κ2) is 11.1. The molecule has 3 amide bonds. The number of carbonyl (C=O) groups is 3. The van der Waals surface area contributed by atoms with Gasteiger partial charge in [-0.25, -0.2) is 0 Å². The lowest BCUT2D eigenvalue weighted by molar-refractivity contribution is -0.161. The van der Waals surface area contributed by atoms with Gasteiger partial charge in [0, 0.05) is 25.2 Å². The molecule has 0 aromatic carbocycles. The van der Waals surface area contributed by atoms with Gasteiger partial charge in [-0.3, -0.25) is 14.4 Å². The van der Waals surface area contributed by atoms with Crippen LogP contribution < -0.4 is 0 Å². The molecule has 0 aromatic heterocycles. The van der Waals surface area contributed by atoms with Crippen molar-refractivity contribution in [3.05, 3.63) is 25.3 Å². The molecule has 8 nitrogen and oxygen atoms in total. The Morgan fingerprint density at radius 3 is 2.26 bits per heavy atom. The Morgan fingerprint density at radius 1 is 1.16 bits per heavy atom. The number of amides is 3. The highest BCUT2D eigenvalue weighted by Gasteiger charge is 2.79. The molecule has 3 fully saturated rings. The largest absolute Gasteiger partial charge is 0.394 e. The van der Waals surface area contributed by atoms with Crippen LogP contribution in [0, 0.1) is 17.8 Å². The third kappa shape index (κ3) is 4.61. The molecule has 0 aliphatic carbocycles. The molecule has 6 atom stereocenters. The van der Waals surface area contributed by atoms with Crippen LogP contribution in [-0.2, 0) is 19.1 Å². The fraction of sp³-hybridized carbons (Fsp3) is 0.767. The fourth-order valence-electron chi connectivity index (χ4n) is 7.17. The first-order valence-corrected chi connectivity index (χ1v) is 14.3. The first-order chi connectivity index (χ1) is 17.8. The van der Waals surface area contributed by atoms with Gasteiger partial charge in [0.15, 0.2) is 0 Å². The highest BCUT2D eigenvalue weighted by Crippen LogP contribution is 2.65. The molecule has 0 aromatic rings. The quantitative estimate of drug-likeness (QED) is 0.390. The monoisotopic (exact) mass is 531 g/mol. The van der Waals surface area contributed by atoms with Gasteiger partial charge in [-0.05, 0) is 52.4 Å². The van der Waals surface area contributed by atoms with Crippen molar-refractivity contribution < 1.29 is 24.2 Å². The summed E-state index contributed by atoms with van der Waals surface area (Å²) >= 11 is 0. The first-order valence-electron chi connectivity index (χ1n) is 14.3. The van der Waals surface area contributed by atoms with Crippen LogP contribution in [0.5, 0.6) is 0 Å². The molecule has 3 aliphatic heterocycles. The Kier molecular flexibility index (Phi) is 8.89. The molecular weight excluding hydrogens is 482 g/mol. The lowest BCUT2D eigenvalue weighted by Gasteiger charge is -2.44. The maximum atomic E-state index is 14.5. The summed E-state index contributed by atoms with van der Waals surface area (Å²) in [4.78, 5) is 48.3. The summed E-state index contributed by atoms with van der Waals surface area (Å²) in [6, 6.07) is -1.50. The van der Waals surface area contributed by atoms with Gasteiger partial charge in [0.2, 0.25) is 17.7 Å². The van der Waals surface area contributed by atoms with Gasteiger partial charge in [0.25, 0.3) is 0 Å². The van der Waals surface area contributed by atoms with Gasteiger partial charge in [0.1, 0.15) is 11.6 Å². The van der Waals surface area contributed by atoms with Crippen LogP contribution in [0.2, 0.25) is 0 Å². The van der Waals surface area contributed by atoms with Gasteiger partial charge in [-0.15, -0.1) is 13.2 Å². The average molecular weight is 532 g/mol. The Labute approximate surface area is 229 Å². The van der Waals surface area contributed by atoms with E-state index >= 15 is 0 Å². The van der Waals surface area contributed by atoms with E-state index in [4.69, 9.17) is 4.74 Å². The standard InChI is InChI=1S/C30H49N3O5/c1-10-16-31(17-11-2)25(35)22-23-26(36)33(21(19-34)20(5)6)24(27(37)32(18-12-3)28(7,8)9)30(23)15-14-29(22,13-4)38-30/h10,12,20-24,34H,1,3,11,13-19H2,2,4-9H3/t21-,22-,23-,24?,29+,30?/m0/s1. The van der Waals surface area contributed by atoms with Crippen LogP contribution in [0.4, 0.5) is 0 Å². The number of carbonyl (C=O) groups excluding carboxylic acids is 3. The molecule has 3 heterocycles. The summed E-state index contributed by atoms with van der Waals surface area (Å²) in [5.74, 6) is -2.14. The molecular formula is C30H49N3O5. The molecule has 1 spiro atoms. The minimum Gasteiger partial charge on any atom is -0.394 e. The maximum Gasteiger partial charge on any atom is 0.249 e. The number of hydrogen-bond donors (Lipinski definition) is 1. The maximum absolute atomic E-state index is 14.5. The summed E-state index contributed by atoms with van der Waals surface area (Å²) in [6.07, 6.45) is 5.89. The molecule has 3 rings (SSSR count). The SMILES string of the molecule is C=CCN(CCC)C(=O)[C@@H]1[C@H]2C(=O)N([C@@H](CO)C(C)C)C(C(=O)N(CC=C)C(C)(C)C)C23CC[C@@]1(CC)O3. The average Bonchev–Trinajstić information content (AvgIpc) is 3.45. The summed E-state index contributed by atoms with van der Waals surface area (Å²) in [6.45, 7) is 22.5. The van der Waals surface area contributed by atoms with Crippen molar-refractivity contribution >= 4 is 17.7 Å². The lowest BCUT2D eigenvalue weighted by atomic mass is 9.64. The third-order valence-corrected chi connectivity index (χ3v) is 8.97. The molecule has 2 unspecified atom stereocenters. The van der Waals surface area contributed by atoms with Crippen molar-refractivity contribution in [3.63, 3.8) is 0 Å². The Balaban J connectivity index is 2.22. The summed E-state index contributed by atoms with van der Waals surface area (Å²) < 4.78 is 6.92. The van der Waals surface area contributed by atoms with Crippen LogP contribution >= 0.6 is 0 Å². The van der Waals surface area contributed by atoms with E-state index in [1.165, 1.54) is 0 Å². The Bertz CT molecular complexity index is 943.